The summed E-state index contributed by atoms with van der Waals surface area (Å²) in [5, 5.41) is 0. The number of carbonyl (C=O) groups is 1. The van der Waals surface area contributed by atoms with Crippen LogP contribution in [-0.4, -0.2) is 5.78 Å². The molecule has 1 heteroatoms. The van der Waals surface area contributed by atoms with Crippen molar-refractivity contribution in [1.82, 2.24) is 0 Å². The summed E-state index contributed by atoms with van der Waals surface area (Å²) in [5.74, 6) is 1.08. The van der Waals surface area contributed by atoms with Gasteiger partial charge in [0.25, 0.3) is 0 Å². The first kappa shape index (κ1) is 15.2. The summed E-state index contributed by atoms with van der Waals surface area (Å²) in [6, 6.07) is 0. The third-order valence-electron chi connectivity index (χ3n) is 3.26. The minimum atomic E-state index is 0. The number of carbonyl (C=O) groups excluding carboxylic acids is 1. The molecule has 80 valence electrons. The van der Waals surface area contributed by atoms with Gasteiger partial charge in [0.05, 0.1) is 0 Å². The fourth-order valence-electron chi connectivity index (χ4n) is 1.77. The zero-order valence-corrected chi connectivity index (χ0v) is 9.11. The summed E-state index contributed by atoms with van der Waals surface area (Å²) >= 11 is 0. The molecule has 0 amide bonds. The molecule has 1 nitrogen and oxygen atoms in total. The number of ketones is 1. The Bertz CT molecular complexity index is 151. The highest BCUT2D eigenvalue weighted by Gasteiger charge is 2.41. The number of hydrogen-bond donors (Lipinski definition) is 0. The van der Waals surface area contributed by atoms with E-state index in [0.29, 0.717) is 11.7 Å². The highest BCUT2D eigenvalue weighted by molar-refractivity contribution is 5.86. The molecule has 0 radical (unpaired) electrons. The maximum atomic E-state index is 11.3. The van der Waals surface area contributed by atoms with Crippen LogP contribution in [0.3, 0.4) is 0 Å². The average molecular weight is 186 g/mol. The molecule has 0 aromatic rings. The van der Waals surface area contributed by atoms with Crippen molar-refractivity contribution in [3.8, 4) is 0 Å². The standard InChI is InChI=1S/C9H16O.C2H6.CH4/c1-4-9(3)7(2)5-6-8(9)10;1-2;/h7H,4-6H2,1-3H3;1-2H3;1H4/t7?,9-;;/m0../s1. The lowest BCUT2D eigenvalue weighted by Gasteiger charge is -2.25. The van der Waals surface area contributed by atoms with Crippen LogP contribution >= 0.6 is 0 Å². The molecule has 0 aromatic carbocycles. The van der Waals surface area contributed by atoms with Gasteiger partial charge in [-0.3, -0.25) is 4.79 Å². The molecule has 1 aliphatic rings. The minimum Gasteiger partial charge on any atom is -0.299 e. The lowest BCUT2D eigenvalue weighted by atomic mass is 9.78. The predicted octanol–water partition coefficient (Wildman–Crippen LogP) is 4.06. The molecule has 1 saturated carbocycles. The molecule has 0 bridgehead atoms. The van der Waals surface area contributed by atoms with E-state index in [9.17, 15) is 4.79 Å². The largest absolute Gasteiger partial charge is 0.299 e. The van der Waals surface area contributed by atoms with Gasteiger partial charge in [-0.25, -0.2) is 0 Å². The Balaban J connectivity index is 0. The summed E-state index contributed by atoms with van der Waals surface area (Å²) in [6.07, 6.45) is 2.92. The third kappa shape index (κ3) is 2.82. The van der Waals surface area contributed by atoms with E-state index in [1.807, 2.05) is 13.8 Å². The van der Waals surface area contributed by atoms with E-state index in [1.54, 1.807) is 0 Å². The second-order valence-electron chi connectivity index (χ2n) is 3.63. The van der Waals surface area contributed by atoms with Crippen molar-refractivity contribution in [2.24, 2.45) is 11.3 Å². The van der Waals surface area contributed by atoms with Crippen LogP contribution in [-0.2, 0) is 4.79 Å². The molecule has 0 N–H and O–H groups in total. The van der Waals surface area contributed by atoms with E-state index in [2.05, 4.69) is 20.8 Å². The van der Waals surface area contributed by atoms with Crippen molar-refractivity contribution in [1.29, 1.82) is 0 Å². The molecule has 1 aliphatic carbocycles. The molecule has 0 aromatic heterocycles. The van der Waals surface area contributed by atoms with Crippen LogP contribution < -0.4 is 0 Å². The predicted molar refractivity (Wildman–Crippen MR) is 59.9 cm³/mol. The smallest absolute Gasteiger partial charge is 0.139 e. The van der Waals surface area contributed by atoms with Crippen LogP contribution in [0.2, 0.25) is 0 Å². The van der Waals surface area contributed by atoms with Gasteiger partial charge >= 0.3 is 0 Å². The Kier molecular flexibility index (Phi) is 7.20. The van der Waals surface area contributed by atoms with E-state index in [1.165, 1.54) is 0 Å². The molecule has 1 unspecified atom stereocenters. The molecule has 1 rings (SSSR count). The van der Waals surface area contributed by atoms with Gasteiger partial charge in [0.15, 0.2) is 0 Å². The Labute approximate surface area is 83.9 Å². The minimum absolute atomic E-state index is 0. The van der Waals surface area contributed by atoms with Crippen LogP contribution in [0.15, 0.2) is 0 Å². The fraction of sp³-hybridized carbons (Fsp3) is 0.917. The van der Waals surface area contributed by atoms with Crippen molar-refractivity contribution in [3.63, 3.8) is 0 Å². The molecule has 1 fully saturated rings. The zero-order valence-electron chi connectivity index (χ0n) is 9.11. The summed E-state index contributed by atoms with van der Waals surface area (Å²) in [5.41, 5.74) is 0.0139. The zero-order chi connectivity index (χ0) is 9.78. The van der Waals surface area contributed by atoms with Gasteiger partial charge in [-0.05, 0) is 18.8 Å². The molecule has 0 spiro atoms. The monoisotopic (exact) mass is 186 g/mol. The normalized spacial score (nSPS) is 31.8. The quantitative estimate of drug-likeness (QED) is 0.603. The SMILES string of the molecule is C.CC.CC[C@]1(C)C(=O)CCC1C. The van der Waals surface area contributed by atoms with E-state index in [0.717, 1.165) is 19.3 Å². The van der Waals surface area contributed by atoms with Gasteiger partial charge < -0.3 is 0 Å². The van der Waals surface area contributed by atoms with Crippen molar-refractivity contribution < 1.29 is 4.79 Å². The van der Waals surface area contributed by atoms with Crippen LogP contribution in [0.1, 0.15) is 61.3 Å². The molecule has 0 aliphatic heterocycles. The number of hydrogen-bond acceptors (Lipinski definition) is 1. The summed E-state index contributed by atoms with van der Waals surface area (Å²) in [6.45, 7) is 10.4. The molecular formula is C12H26O. The Morgan fingerprint density at radius 3 is 2.08 bits per heavy atom. The molecule has 13 heavy (non-hydrogen) atoms. The van der Waals surface area contributed by atoms with Crippen molar-refractivity contribution in [2.45, 2.75) is 61.3 Å². The number of Topliss-reactive ketones (excluding diaryl/α,β-unsaturated/α-hetero) is 1. The second kappa shape index (κ2) is 6.17. The lowest BCUT2D eigenvalue weighted by Crippen LogP contribution is -2.26. The second-order valence-corrected chi connectivity index (χ2v) is 3.63. The maximum absolute atomic E-state index is 11.3. The van der Waals surface area contributed by atoms with Gasteiger partial charge in [-0.2, -0.15) is 0 Å². The van der Waals surface area contributed by atoms with E-state index in [4.69, 9.17) is 0 Å². The Hall–Kier alpha value is -0.330. The summed E-state index contributed by atoms with van der Waals surface area (Å²) in [7, 11) is 0. The number of rotatable bonds is 1. The van der Waals surface area contributed by atoms with Crippen LogP contribution in [0.4, 0.5) is 0 Å². The van der Waals surface area contributed by atoms with E-state index >= 15 is 0 Å². The highest BCUT2D eigenvalue weighted by atomic mass is 16.1. The maximum Gasteiger partial charge on any atom is 0.139 e. The molecule has 0 heterocycles. The third-order valence-corrected chi connectivity index (χ3v) is 3.26. The summed E-state index contributed by atoms with van der Waals surface area (Å²) < 4.78 is 0. The molecule has 0 saturated heterocycles. The van der Waals surface area contributed by atoms with Crippen LogP contribution in [0.5, 0.6) is 0 Å². The fourth-order valence-corrected chi connectivity index (χ4v) is 1.77. The topological polar surface area (TPSA) is 17.1 Å². The first-order valence-corrected chi connectivity index (χ1v) is 5.14. The van der Waals surface area contributed by atoms with E-state index in [-0.39, 0.29) is 12.8 Å². The Morgan fingerprint density at radius 2 is 1.92 bits per heavy atom. The van der Waals surface area contributed by atoms with E-state index < -0.39 is 0 Å². The Morgan fingerprint density at radius 1 is 1.46 bits per heavy atom. The van der Waals surface area contributed by atoms with Gasteiger partial charge in [0.1, 0.15) is 5.78 Å². The van der Waals surface area contributed by atoms with Crippen molar-refractivity contribution in [3.05, 3.63) is 0 Å². The van der Waals surface area contributed by atoms with Crippen molar-refractivity contribution in [2.75, 3.05) is 0 Å². The lowest BCUT2D eigenvalue weighted by molar-refractivity contribution is -0.126. The highest BCUT2D eigenvalue weighted by Crippen LogP contribution is 2.42. The van der Waals surface area contributed by atoms with Gasteiger partial charge in [-0.1, -0.05) is 42.0 Å². The molecule has 2 atom stereocenters. The van der Waals surface area contributed by atoms with Gasteiger partial charge in [0.2, 0.25) is 0 Å². The first-order chi connectivity index (χ1) is 5.61. The first-order valence-electron chi connectivity index (χ1n) is 5.14. The summed E-state index contributed by atoms with van der Waals surface area (Å²) in [4.78, 5) is 11.3. The van der Waals surface area contributed by atoms with Gasteiger partial charge in [0, 0.05) is 11.8 Å². The molecular weight excluding hydrogens is 160 g/mol. The average Bonchev–Trinajstić information content (AvgIpc) is 2.37. The van der Waals surface area contributed by atoms with Crippen molar-refractivity contribution >= 4 is 5.78 Å². The van der Waals surface area contributed by atoms with Crippen LogP contribution in [0, 0.1) is 11.3 Å². The van der Waals surface area contributed by atoms with Gasteiger partial charge in [-0.15, -0.1) is 0 Å². The van der Waals surface area contributed by atoms with Crippen LogP contribution in [0.25, 0.3) is 0 Å².